The Morgan fingerprint density at radius 2 is 1.69 bits per heavy atom. The zero-order valence-corrected chi connectivity index (χ0v) is 17.4. The second-order valence-electron chi connectivity index (χ2n) is 6.01. The van der Waals surface area contributed by atoms with E-state index in [-0.39, 0.29) is 27.1 Å². The van der Waals surface area contributed by atoms with Crippen molar-refractivity contribution in [3.63, 3.8) is 0 Å². The van der Waals surface area contributed by atoms with Crippen LogP contribution in [0.2, 0.25) is 10.0 Å². The molecule has 1 aliphatic rings. The quantitative estimate of drug-likeness (QED) is 0.692. The van der Waals surface area contributed by atoms with Crippen molar-refractivity contribution in [2.24, 2.45) is 0 Å². The van der Waals surface area contributed by atoms with Gasteiger partial charge in [-0.2, -0.15) is 0 Å². The van der Waals surface area contributed by atoms with Gasteiger partial charge in [0.15, 0.2) is 5.75 Å². The van der Waals surface area contributed by atoms with Crippen molar-refractivity contribution in [2.45, 2.75) is 6.04 Å². The topological polar surface area (TPSA) is 85.9 Å². The van der Waals surface area contributed by atoms with E-state index in [0.29, 0.717) is 16.8 Å². The number of amides is 2. The molecule has 152 valence electrons. The highest BCUT2D eigenvalue weighted by Gasteiger charge is 2.37. The number of hydrogen-bond donors (Lipinski definition) is 2. The lowest BCUT2D eigenvalue weighted by Gasteiger charge is -2.30. The van der Waals surface area contributed by atoms with Crippen LogP contribution in [0.4, 0.5) is 4.79 Å². The average Bonchev–Trinajstić information content (AvgIpc) is 2.73. The van der Waals surface area contributed by atoms with Gasteiger partial charge in [0.1, 0.15) is 10.8 Å². The number of carbonyl (C=O) groups excluding carboxylic acids is 2. The Balaban J connectivity index is 2.30. The minimum absolute atomic E-state index is 0.121. The molecule has 2 N–H and O–H groups in total. The third kappa shape index (κ3) is 3.83. The van der Waals surface area contributed by atoms with E-state index in [1.54, 1.807) is 24.3 Å². The van der Waals surface area contributed by atoms with Crippen molar-refractivity contribution >= 4 is 40.9 Å². The van der Waals surface area contributed by atoms with Crippen LogP contribution in [-0.4, -0.2) is 33.3 Å². The molecular weight excluding hydrogens is 419 g/mol. The van der Waals surface area contributed by atoms with Gasteiger partial charge in [0.2, 0.25) is 0 Å². The van der Waals surface area contributed by atoms with E-state index in [1.807, 2.05) is 6.07 Å². The predicted octanol–water partition coefficient (Wildman–Crippen LogP) is 3.95. The van der Waals surface area contributed by atoms with Crippen LogP contribution in [0.1, 0.15) is 17.2 Å². The van der Waals surface area contributed by atoms with Gasteiger partial charge in [-0.05, 0) is 11.6 Å². The molecule has 0 aromatic heterocycles. The molecule has 2 amide bonds. The number of hydrogen-bond acceptors (Lipinski definition) is 5. The Bertz CT molecular complexity index is 992. The number of nitrogens with one attached hydrogen (secondary N) is 2. The van der Waals surface area contributed by atoms with E-state index in [2.05, 4.69) is 10.6 Å². The first-order valence-corrected chi connectivity index (χ1v) is 9.23. The van der Waals surface area contributed by atoms with E-state index >= 15 is 0 Å². The van der Waals surface area contributed by atoms with Gasteiger partial charge in [-0.15, -0.1) is 0 Å². The maximum atomic E-state index is 12.7. The largest absolute Gasteiger partial charge is 0.495 e. The van der Waals surface area contributed by atoms with Crippen LogP contribution in [0.15, 0.2) is 42.0 Å². The maximum Gasteiger partial charge on any atom is 0.338 e. The fourth-order valence-electron chi connectivity index (χ4n) is 3.17. The van der Waals surface area contributed by atoms with E-state index in [9.17, 15) is 9.59 Å². The number of carbonyl (C=O) groups is 2. The van der Waals surface area contributed by atoms with Crippen LogP contribution in [0.5, 0.6) is 11.5 Å². The van der Waals surface area contributed by atoms with Gasteiger partial charge in [-0.25, -0.2) is 9.59 Å². The number of esters is 1. The summed E-state index contributed by atoms with van der Waals surface area (Å²) in [5.41, 5.74) is 1.51. The normalized spacial score (nSPS) is 16.0. The molecule has 2 aromatic carbocycles. The molecule has 9 heteroatoms. The Labute approximate surface area is 177 Å². The summed E-state index contributed by atoms with van der Waals surface area (Å²) < 4.78 is 15.7. The standard InChI is InChI=1S/C20H18Cl2N2O5/c1-27-17-11(9-12(21)18(28-2)14(17)22)16-13(19(25)29-3)15(23-20(26)24-16)10-7-5-4-6-8-10/h4-9,16H,1-3H3,(H2,23,24,26). The molecule has 7 nitrogen and oxygen atoms in total. The molecule has 0 saturated heterocycles. The molecule has 1 atom stereocenters. The van der Waals surface area contributed by atoms with Gasteiger partial charge in [0, 0.05) is 5.56 Å². The van der Waals surface area contributed by atoms with Crippen molar-refractivity contribution in [1.82, 2.24) is 10.6 Å². The molecule has 0 bridgehead atoms. The summed E-state index contributed by atoms with van der Waals surface area (Å²) in [6, 6.07) is 9.05. The maximum absolute atomic E-state index is 12.7. The summed E-state index contributed by atoms with van der Waals surface area (Å²) in [4.78, 5) is 25.2. The fourth-order valence-corrected chi connectivity index (χ4v) is 3.87. The first-order valence-electron chi connectivity index (χ1n) is 8.48. The van der Waals surface area contributed by atoms with E-state index in [1.165, 1.54) is 27.4 Å². The van der Waals surface area contributed by atoms with Gasteiger partial charge < -0.3 is 24.8 Å². The predicted molar refractivity (Wildman–Crippen MR) is 109 cm³/mol. The number of benzene rings is 2. The highest BCUT2D eigenvalue weighted by Crippen LogP contribution is 2.46. The fraction of sp³-hybridized carbons (Fsp3) is 0.200. The molecule has 3 rings (SSSR count). The lowest BCUT2D eigenvalue weighted by Crippen LogP contribution is -2.45. The van der Waals surface area contributed by atoms with E-state index in [0.717, 1.165) is 0 Å². The van der Waals surface area contributed by atoms with Gasteiger partial charge in [0.25, 0.3) is 0 Å². The van der Waals surface area contributed by atoms with Crippen LogP contribution < -0.4 is 20.1 Å². The molecular formula is C20H18Cl2N2O5. The van der Waals surface area contributed by atoms with E-state index < -0.39 is 18.0 Å². The molecule has 0 radical (unpaired) electrons. The number of halogens is 2. The monoisotopic (exact) mass is 436 g/mol. The molecule has 0 saturated carbocycles. The first-order chi connectivity index (χ1) is 13.9. The highest BCUT2D eigenvalue weighted by atomic mass is 35.5. The van der Waals surface area contributed by atoms with E-state index in [4.69, 9.17) is 37.4 Å². The van der Waals surface area contributed by atoms with Crippen LogP contribution in [-0.2, 0) is 9.53 Å². The summed E-state index contributed by atoms with van der Waals surface area (Å²) >= 11 is 12.7. The van der Waals surface area contributed by atoms with Crippen LogP contribution in [0, 0.1) is 0 Å². The molecule has 1 unspecified atom stereocenters. The van der Waals surface area contributed by atoms with Gasteiger partial charge in [0.05, 0.1) is 43.7 Å². The second-order valence-corrected chi connectivity index (χ2v) is 6.79. The van der Waals surface area contributed by atoms with Gasteiger partial charge >= 0.3 is 12.0 Å². The highest BCUT2D eigenvalue weighted by molar-refractivity contribution is 6.38. The zero-order chi connectivity index (χ0) is 21.1. The minimum atomic E-state index is -0.928. The summed E-state index contributed by atoms with van der Waals surface area (Å²) in [7, 11) is 4.10. The SMILES string of the molecule is COC(=O)C1=C(c2ccccc2)NC(=O)NC1c1cc(Cl)c(OC)c(Cl)c1OC. The smallest absolute Gasteiger partial charge is 0.338 e. The van der Waals surface area contributed by atoms with Crippen molar-refractivity contribution in [1.29, 1.82) is 0 Å². The van der Waals surface area contributed by atoms with Crippen molar-refractivity contribution in [3.05, 3.63) is 63.1 Å². The Morgan fingerprint density at radius 1 is 1.03 bits per heavy atom. The molecule has 1 aliphatic heterocycles. The first kappa shape index (κ1) is 20.8. The number of ether oxygens (including phenoxy) is 3. The van der Waals surface area contributed by atoms with Gasteiger partial charge in [-0.1, -0.05) is 53.5 Å². The van der Waals surface area contributed by atoms with Crippen molar-refractivity contribution < 1.29 is 23.8 Å². The van der Waals surface area contributed by atoms with Crippen molar-refractivity contribution in [2.75, 3.05) is 21.3 Å². The molecule has 2 aromatic rings. The van der Waals surface area contributed by atoms with Crippen LogP contribution >= 0.6 is 23.2 Å². The van der Waals surface area contributed by atoms with Crippen LogP contribution in [0.3, 0.4) is 0 Å². The Hall–Kier alpha value is -2.90. The molecule has 0 fully saturated rings. The zero-order valence-electron chi connectivity index (χ0n) is 15.8. The number of rotatable bonds is 5. The Morgan fingerprint density at radius 3 is 2.28 bits per heavy atom. The van der Waals surface area contributed by atoms with Crippen LogP contribution in [0.25, 0.3) is 5.70 Å². The third-order valence-electron chi connectivity index (χ3n) is 4.42. The number of urea groups is 1. The average molecular weight is 437 g/mol. The lowest BCUT2D eigenvalue weighted by molar-refractivity contribution is -0.136. The molecule has 0 spiro atoms. The summed E-state index contributed by atoms with van der Waals surface area (Å²) in [5, 5.41) is 5.72. The number of methoxy groups -OCH3 is 3. The minimum Gasteiger partial charge on any atom is -0.495 e. The van der Waals surface area contributed by atoms with Gasteiger partial charge in [-0.3, -0.25) is 0 Å². The second kappa shape index (κ2) is 8.63. The lowest BCUT2D eigenvalue weighted by atomic mass is 9.92. The summed E-state index contributed by atoms with van der Waals surface area (Å²) in [6.45, 7) is 0. The Kier molecular flexibility index (Phi) is 6.20. The summed E-state index contributed by atoms with van der Waals surface area (Å²) in [6.07, 6.45) is 0. The summed E-state index contributed by atoms with van der Waals surface area (Å²) in [5.74, 6) is -0.193. The third-order valence-corrected chi connectivity index (χ3v) is 5.04. The van der Waals surface area contributed by atoms with Crippen molar-refractivity contribution in [3.8, 4) is 11.5 Å². The molecule has 0 aliphatic carbocycles. The molecule has 1 heterocycles. The molecule has 29 heavy (non-hydrogen) atoms.